The molecule has 0 aromatic heterocycles. The van der Waals surface area contributed by atoms with Crippen molar-refractivity contribution in [2.45, 2.75) is 57.4 Å². The van der Waals surface area contributed by atoms with Crippen molar-refractivity contribution in [3.8, 4) is 0 Å². The van der Waals surface area contributed by atoms with Crippen LogP contribution in [0.1, 0.15) is 45.6 Å². The molecule has 0 saturated heterocycles. The van der Waals surface area contributed by atoms with Gasteiger partial charge in [0.25, 0.3) is 0 Å². The fourth-order valence-corrected chi connectivity index (χ4v) is 3.53. The molecule has 0 saturated carbocycles. The minimum atomic E-state index is -3.45. The first-order valence-corrected chi connectivity index (χ1v) is 9.09. The van der Waals surface area contributed by atoms with Crippen LogP contribution in [0.3, 0.4) is 0 Å². The molecule has 0 spiro atoms. The zero-order valence-electron chi connectivity index (χ0n) is 13.2. The quantitative estimate of drug-likeness (QED) is 0.736. The number of nitrogens with one attached hydrogen (secondary N) is 1. The Labute approximate surface area is 128 Å². The van der Waals surface area contributed by atoms with Gasteiger partial charge in [0.2, 0.25) is 10.0 Å². The second-order valence-electron chi connectivity index (χ2n) is 5.74. The van der Waals surface area contributed by atoms with Crippen molar-refractivity contribution in [3.05, 3.63) is 29.8 Å². The highest BCUT2D eigenvalue weighted by atomic mass is 32.2. The fraction of sp³-hybridized carbons (Fsp3) is 0.625. The summed E-state index contributed by atoms with van der Waals surface area (Å²) in [5.41, 5.74) is 1.04. The van der Waals surface area contributed by atoms with Gasteiger partial charge in [-0.15, -0.1) is 0 Å². The van der Waals surface area contributed by atoms with Crippen molar-refractivity contribution >= 4 is 10.0 Å². The Bertz CT molecular complexity index is 511. The van der Waals surface area contributed by atoms with E-state index in [1.165, 1.54) is 0 Å². The van der Waals surface area contributed by atoms with Crippen molar-refractivity contribution in [3.63, 3.8) is 0 Å². The molecule has 2 atom stereocenters. The molecule has 0 bridgehead atoms. The molecule has 5 heteroatoms. The van der Waals surface area contributed by atoms with E-state index in [1.54, 1.807) is 12.1 Å². The highest BCUT2D eigenvalue weighted by Gasteiger charge is 2.18. The molecule has 21 heavy (non-hydrogen) atoms. The third-order valence-corrected chi connectivity index (χ3v) is 5.27. The standard InChI is InChI=1S/C16H27NO3S/c1-4-13(2)12-14(3)17-21(19,20)16-9-7-15(8-10-16)6-5-11-18/h7-10,13-14,17-18H,4-6,11-12H2,1-3H3. The van der Waals surface area contributed by atoms with Gasteiger partial charge in [0, 0.05) is 12.6 Å². The molecular formula is C16H27NO3S. The molecule has 0 aliphatic heterocycles. The van der Waals surface area contributed by atoms with E-state index >= 15 is 0 Å². The molecule has 1 aromatic rings. The first-order chi connectivity index (χ1) is 9.89. The molecular weight excluding hydrogens is 286 g/mol. The zero-order chi connectivity index (χ0) is 15.9. The molecule has 1 aromatic carbocycles. The highest BCUT2D eigenvalue weighted by Crippen LogP contribution is 2.15. The predicted octanol–water partition coefficient (Wildman–Crippen LogP) is 2.71. The Balaban J connectivity index is 2.69. The zero-order valence-corrected chi connectivity index (χ0v) is 14.0. The van der Waals surface area contributed by atoms with Crippen molar-refractivity contribution in [1.29, 1.82) is 0 Å². The number of benzene rings is 1. The normalized spacial score (nSPS) is 14.9. The lowest BCUT2D eigenvalue weighted by atomic mass is 10.0. The largest absolute Gasteiger partial charge is 0.396 e. The van der Waals surface area contributed by atoms with Gasteiger partial charge in [0.15, 0.2) is 0 Å². The summed E-state index contributed by atoms with van der Waals surface area (Å²) in [4.78, 5) is 0.297. The molecule has 0 aliphatic rings. The molecule has 2 N–H and O–H groups in total. The Morgan fingerprint density at radius 2 is 1.81 bits per heavy atom. The Morgan fingerprint density at radius 3 is 2.33 bits per heavy atom. The average Bonchev–Trinajstić information content (AvgIpc) is 2.44. The van der Waals surface area contributed by atoms with Crippen LogP contribution in [0.4, 0.5) is 0 Å². The van der Waals surface area contributed by atoms with Crippen molar-refractivity contribution in [1.82, 2.24) is 4.72 Å². The maximum atomic E-state index is 12.3. The van der Waals surface area contributed by atoms with E-state index in [1.807, 2.05) is 19.1 Å². The third kappa shape index (κ3) is 6.16. The van der Waals surface area contributed by atoms with Crippen LogP contribution in [-0.2, 0) is 16.4 Å². The topological polar surface area (TPSA) is 66.4 Å². The SMILES string of the molecule is CCC(C)CC(C)NS(=O)(=O)c1ccc(CCCO)cc1. The number of rotatable bonds is 9. The summed E-state index contributed by atoms with van der Waals surface area (Å²) in [5, 5.41) is 8.80. The van der Waals surface area contributed by atoms with Gasteiger partial charge in [0.05, 0.1) is 4.90 Å². The number of aliphatic hydroxyl groups is 1. The minimum absolute atomic E-state index is 0.0704. The van der Waals surface area contributed by atoms with E-state index in [9.17, 15) is 8.42 Å². The number of aryl methyl sites for hydroxylation is 1. The summed E-state index contributed by atoms with van der Waals surface area (Å²) in [6.45, 7) is 6.28. The Kier molecular flexibility index (Phi) is 7.35. The molecule has 4 nitrogen and oxygen atoms in total. The van der Waals surface area contributed by atoms with Gasteiger partial charge < -0.3 is 5.11 Å². The van der Waals surface area contributed by atoms with Gasteiger partial charge in [-0.1, -0.05) is 32.4 Å². The van der Waals surface area contributed by atoms with Crippen LogP contribution in [-0.4, -0.2) is 26.2 Å². The third-order valence-electron chi connectivity index (χ3n) is 3.67. The molecule has 1 rings (SSSR count). The van der Waals surface area contributed by atoms with Gasteiger partial charge in [0.1, 0.15) is 0 Å². The van der Waals surface area contributed by atoms with Crippen molar-refractivity contribution in [2.75, 3.05) is 6.61 Å². The molecule has 0 amide bonds. The lowest BCUT2D eigenvalue weighted by Gasteiger charge is -2.17. The smallest absolute Gasteiger partial charge is 0.240 e. The molecule has 0 aliphatic carbocycles. The molecule has 2 unspecified atom stereocenters. The summed E-state index contributed by atoms with van der Waals surface area (Å²) in [7, 11) is -3.45. The molecule has 0 heterocycles. The first-order valence-electron chi connectivity index (χ1n) is 7.61. The van der Waals surface area contributed by atoms with E-state index in [2.05, 4.69) is 18.6 Å². The second-order valence-corrected chi connectivity index (χ2v) is 7.46. The van der Waals surface area contributed by atoms with Crippen LogP contribution in [0.15, 0.2) is 29.2 Å². The average molecular weight is 313 g/mol. The maximum Gasteiger partial charge on any atom is 0.240 e. The van der Waals surface area contributed by atoms with E-state index in [0.717, 1.165) is 24.8 Å². The summed E-state index contributed by atoms with van der Waals surface area (Å²) >= 11 is 0. The van der Waals surface area contributed by atoms with E-state index in [-0.39, 0.29) is 12.6 Å². The van der Waals surface area contributed by atoms with Crippen LogP contribution in [0.5, 0.6) is 0 Å². The summed E-state index contributed by atoms with van der Waals surface area (Å²) in [6, 6.07) is 6.81. The lowest BCUT2D eigenvalue weighted by molar-refractivity contribution is 0.288. The summed E-state index contributed by atoms with van der Waals surface area (Å²) < 4.78 is 27.3. The van der Waals surface area contributed by atoms with Gasteiger partial charge in [-0.05, 0) is 49.8 Å². The van der Waals surface area contributed by atoms with E-state index in [4.69, 9.17) is 5.11 Å². The summed E-state index contributed by atoms with van der Waals surface area (Å²) in [5.74, 6) is 0.503. The Hall–Kier alpha value is -0.910. The number of aliphatic hydroxyl groups excluding tert-OH is 1. The van der Waals surface area contributed by atoms with Gasteiger partial charge in [-0.2, -0.15) is 0 Å². The predicted molar refractivity (Wildman–Crippen MR) is 85.7 cm³/mol. The maximum absolute atomic E-state index is 12.3. The fourth-order valence-electron chi connectivity index (χ4n) is 2.27. The molecule has 0 fully saturated rings. The first kappa shape index (κ1) is 18.1. The van der Waals surface area contributed by atoms with Gasteiger partial charge in [-0.25, -0.2) is 13.1 Å². The van der Waals surface area contributed by atoms with Gasteiger partial charge >= 0.3 is 0 Å². The molecule has 120 valence electrons. The van der Waals surface area contributed by atoms with Crippen LogP contribution in [0, 0.1) is 5.92 Å². The Morgan fingerprint density at radius 1 is 1.19 bits per heavy atom. The minimum Gasteiger partial charge on any atom is -0.396 e. The van der Waals surface area contributed by atoms with Crippen LogP contribution in [0.25, 0.3) is 0 Å². The number of sulfonamides is 1. The lowest BCUT2D eigenvalue weighted by Crippen LogP contribution is -2.33. The number of hydrogen-bond acceptors (Lipinski definition) is 3. The van der Waals surface area contributed by atoms with Gasteiger partial charge in [-0.3, -0.25) is 0 Å². The second kappa shape index (κ2) is 8.51. The van der Waals surface area contributed by atoms with Crippen LogP contribution >= 0.6 is 0 Å². The van der Waals surface area contributed by atoms with Crippen LogP contribution in [0.2, 0.25) is 0 Å². The summed E-state index contributed by atoms with van der Waals surface area (Å²) in [6.07, 6.45) is 3.33. The highest BCUT2D eigenvalue weighted by molar-refractivity contribution is 7.89. The van der Waals surface area contributed by atoms with E-state index < -0.39 is 10.0 Å². The van der Waals surface area contributed by atoms with Crippen LogP contribution < -0.4 is 4.72 Å². The van der Waals surface area contributed by atoms with Crippen molar-refractivity contribution in [2.24, 2.45) is 5.92 Å². The van der Waals surface area contributed by atoms with Crippen molar-refractivity contribution < 1.29 is 13.5 Å². The molecule has 0 radical (unpaired) electrons. The number of hydrogen-bond donors (Lipinski definition) is 2. The monoisotopic (exact) mass is 313 g/mol. The van der Waals surface area contributed by atoms with E-state index in [0.29, 0.717) is 17.2 Å².